The van der Waals surface area contributed by atoms with E-state index in [1.54, 1.807) is 40.4 Å². The van der Waals surface area contributed by atoms with Crippen LogP contribution < -0.4 is 0 Å². The first kappa shape index (κ1) is 19.1. The van der Waals surface area contributed by atoms with Crippen molar-refractivity contribution in [2.75, 3.05) is 13.1 Å². The maximum atomic E-state index is 14.0. The Balaban J connectivity index is 1.83. The summed E-state index contributed by atoms with van der Waals surface area (Å²) in [5, 5.41) is 4.22. The molecule has 0 spiro atoms. The van der Waals surface area contributed by atoms with Crippen molar-refractivity contribution in [2.24, 2.45) is 5.92 Å². The lowest BCUT2D eigenvalue weighted by Gasteiger charge is -2.40. The molecule has 0 aliphatic carbocycles. The lowest BCUT2D eigenvalue weighted by atomic mass is 9.98. The van der Waals surface area contributed by atoms with Crippen molar-refractivity contribution in [2.45, 2.75) is 39.8 Å². The largest absolute Gasteiger partial charge is 0.332 e. The SMILES string of the molecule is CCN1CC(=O)N(Cc2cnn(-c3ccccc3F)c2)[C@@H](CC(C)C)C1=O. The second-order valence-corrected chi connectivity index (χ2v) is 7.26. The maximum absolute atomic E-state index is 14.0. The van der Waals surface area contributed by atoms with Gasteiger partial charge in [-0.25, -0.2) is 9.07 Å². The number of carbonyl (C=O) groups excluding carboxylic acids is 2. The molecule has 2 aromatic rings. The van der Waals surface area contributed by atoms with Gasteiger partial charge in [0.05, 0.1) is 12.7 Å². The van der Waals surface area contributed by atoms with Crippen molar-refractivity contribution < 1.29 is 14.0 Å². The molecule has 0 N–H and O–H groups in total. The minimum absolute atomic E-state index is 0.00713. The zero-order chi connectivity index (χ0) is 19.6. The van der Waals surface area contributed by atoms with Crippen molar-refractivity contribution in [3.05, 3.63) is 48.0 Å². The Morgan fingerprint density at radius 1 is 1.26 bits per heavy atom. The second kappa shape index (κ2) is 7.90. The zero-order valence-electron chi connectivity index (χ0n) is 15.9. The van der Waals surface area contributed by atoms with E-state index in [0.29, 0.717) is 18.7 Å². The van der Waals surface area contributed by atoms with E-state index in [1.807, 2.05) is 20.8 Å². The average Bonchev–Trinajstić information content (AvgIpc) is 3.09. The molecule has 1 aliphatic rings. The molecule has 1 fully saturated rings. The highest BCUT2D eigenvalue weighted by Crippen LogP contribution is 2.22. The van der Waals surface area contributed by atoms with Crippen molar-refractivity contribution in [1.82, 2.24) is 19.6 Å². The van der Waals surface area contributed by atoms with E-state index in [-0.39, 0.29) is 36.6 Å². The number of piperazine rings is 1. The molecular formula is C20H25FN4O2. The van der Waals surface area contributed by atoms with E-state index in [2.05, 4.69) is 5.10 Å². The van der Waals surface area contributed by atoms with Crippen LogP contribution in [0.5, 0.6) is 0 Å². The summed E-state index contributed by atoms with van der Waals surface area (Å²) in [5.41, 5.74) is 1.11. The van der Waals surface area contributed by atoms with Crippen LogP contribution in [-0.2, 0) is 16.1 Å². The fraction of sp³-hybridized carbons (Fsp3) is 0.450. The Bertz CT molecular complexity index is 833. The normalized spacial score (nSPS) is 17.9. The minimum Gasteiger partial charge on any atom is -0.332 e. The molecule has 0 radical (unpaired) electrons. The summed E-state index contributed by atoms with van der Waals surface area (Å²) in [6.45, 7) is 6.87. The Morgan fingerprint density at radius 3 is 2.67 bits per heavy atom. The van der Waals surface area contributed by atoms with Crippen LogP contribution in [0.2, 0.25) is 0 Å². The number of likely N-dealkylation sites (N-methyl/N-ethyl adjacent to an activating group) is 1. The van der Waals surface area contributed by atoms with Gasteiger partial charge in [-0.3, -0.25) is 9.59 Å². The molecule has 0 unspecified atom stereocenters. The second-order valence-electron chi connectivity index (χ2n) is 7.26. The zero-order valence-corrected chi connectivity index (χ0v) is 15.9. The molecule has 1 saturated heterocycles. The van der Waals surface area contributed by atoms with Gasteiger partial charge in [-0.1, -0.05) is 26.0 Å². The molecule has 0 saturated carbocycles. The van der Waals surface area contributed by atoms with Crippen LogP contribution in [-0.4, -0.2) is 50.5 Å². The lowest BCUT2D eigenvalue weighted by Crippen LogP contribution is -2.59. The molecule has 1 aromatic carbocycles. The monoisotopic (exact) mass is 372 g/mol. The van der Waals surface area contributed by atoms with Crippen LogP contribution >= 0.6 is 0 Å². The van der Waals surface area contributed by atoms with Crippen LogP contribution in [0.25, 0.3) is 5.69 Å². The molecule has 1 aromatic heterocycles. The quantitative estimate of drug-likeness (QED) is 0.783. The summed E-state index contributed by atoms with van der Waals surface area (Å²) >= 11 is 0. The van der Waals surface area contributed by atoms with Crippen molar-refractivity contribution >= 4 is 11.8 Å². The van der Waals surface area contributed by atoms with Crippen molar-refractivity contribution in [1.29, 1.82) is 0 Å². The van der Waals surface area contributed by atoms with Gasteiger partial charge in [-0.15, -0.1) is 0 Å². The van der Waals surface area contributed by atoms with Gasteiger partial charge in [0.15, 0.2) is 0 Å². The van der Waals surface area contributed by atoms with Crippen LogP contribution in [0.15, 0.2) is 36.7 Å². The highest BCUT2D eigenvalue weighted by molar-refractivity contribution is 5.94. The predicted molar refractivity (Wildman–Crippen MR) is 99.6 cm³/mol. The molecule has 3 rings (SSSR count). The van der Waals surface area contributed by atoms with Gasteiger partial charge in [-0.05, 0) is 31.4 Å². The number of benzene rings is 1. The number of aromatic nitrogens is 2. The molecule has 2 amide bonds. The molecule has 6 nitrogen and oxygen atoms in total. The van der Waals surface area contributed by atoms with E-state index in [1.165, 1.54) is 10.7 Å². The van der Waals surface area contributed by atoms with E-state index < -0.39 is 6.04 Å². The van der Waals surface area contributed by atoms with Gasteiger partial charge in [0, 0.05) is 24.8 Å². The molecule has 144 valence electrons. The summed E-state index contributed by atoms with van der Waals surface area (Å²) in [5.74, 6) is -0.159. The van der Waals surface area contributed by atoms with E-state index >= 15 is 0 Å². The topological polar surface area (TPSA) is 58.4 Å². The smallest absolute Gasteiger partial charge is 0.245 e. The standard InChI is InChI=1S/C20H25FN4O2/c1-4-23-13-19(26)24(18(20(23)27)9-14(2)3)11-15-10-22-25(12-15)17-8-6-5-7-16(17)21/h5-8,10,12,14,18H,4,9,11,13H2,1-3H3/t18-/m0/s1. The molecule has 27 heavy (non-hydrogen) atoms. The van der Waals surface area contributed by atoms with Gasteiger partial charge in [-0.2, -0.15) is 5.10 Å². The number of hydrogen-bond donors (Lipinski definition) is 0. The third-order valence-electron chi connectivity index (χ3n) is 4.78. The molecule has 1 aliphatic heterocycles. The number of para-hydroxylation sites is 1. The highest BCUT2D eigenvalue weighted by atomic mass is 19.1. The number of carbonyl (C=O) groups is 2. The summed E-state index contributed by atoms with van der Waals surface area (Å²) in [7, 11) is 0. The third-order valence-corrected chi connectivity index (χ3v) is 4.78. The fourth-order valence-electron chi connectivity index (χ4n) is 3.40. The van der Waals surface area contributed by atoms with Crippen molar-refractivity contribution in [3.63, 3.8) is 0 Å². The lowest BCUT2D eigenvalue weighted by molar-refractivity contribution is -0.157. The number of hydrogen-bond acceptors (Lipinski definition) is 3. The summed E-state index contributed by atoms with van der Waals surface area (Å²) < 4.78 is 15.4. The van der Waals surface area contributed by atoms with Gasteiger partial charge >= 0.3 is 0 Å². The number of amides is 2. The van der Waals surface area contributed by atoms with E-state index in [0.717, 1.165) is 5.56 Å². The first-order valence-electron chi connectivity index (χ1n) is 9.27. The number of rotatable bonds is 6. The molecule has 0 bridgehead atoms. The van der Waals surface area contributed by atoms with Gasteiger partial charge in [0.25, 0.3) is 0 Å². The Kier molecular flexibility index (Phi) is 5.58. The fourth-order valence-corrected chi connectivity index (χ4v) is 3.40. The summed E-state index contributed by atoms with van der Waals surface area (Å²) in [4.78, 5) is 28.7. The maximum Gasteiger partial charge on any atom is 0.245 e. The Hall–Kier alpha value is -2.70. The van der Waals surface area contributed by atoms with Gasteiger partial charge < -0.3 is 9.80 Å². The minimum atomic E-state index is -0.469. The van der Waals surface area contributed by atoms with Gasteiger partial charge in [0.2, 0.25) is 11.8 Å². The van der Waals surface area contributed by atoms with Crippen LogP contribution in [0.4, 0.5) is 4.39 Å². The molecule has 7 heteroatoms. The van der Waals surface area contributed by atoms with Gasteiger partial charge in [0.1, 0.15) is 17.5 Å². The van der Waals surface area contributed by atoms with Crippen LogP contribution in [0, 0.1) is 11.7 Å². The Morgan fingerprint density at radius 2 is 2.00 bits per heavy atom. The highest BCUT2D eigenvalue weighted by Gasteiger charge is 2.38. The number of nitrogens with zero attached hydrogens (tertiary/aromatic N) is 4. The first-order valence-corrected chi connectivity index (χ1v) is 9.27. The predicted octanol–water partition coefficient (Wildman–Crippen LogP) is 2.62. The summed E-state index contributed by atoms with van der Waals surface area (Å²) in [6, 6.07) is 5.91. The van der Waals surface area contributed by atoms with E-state index in [4.69, 9.17) is 0 Å². The van der Waals surface area contributed by atoms with Crippen molar-refractivity contribution in [3.8, 4) is 5.69 Å². The average molecular weight is 372 g/mol. The van der Waals surface area contributed by atoms with E-state index in [9.17, 15) is 14.0 Å². The third kappa shape index (κ3) is 4.02. The molecule has 2 heterocycles. The number of halogens is 1. The van der Waals surface area contributed by atoms with Crippen LogP contribution in [0.3, 0.4) is 0 Å². The molecular weight excluding hydrogens is 347 g/mol. The first-order chi connectivity index (χ1) is 12.9. The summed E-state index contributed by atoms with van der Waals surface area (Å²) in [6.07, 6.45) is 3.93. The molecule has 1 atom stereocenters. The Labute approximate surface area is 158 Å². The van der Waals surface area contributed by atoms with Crippen LogP contribution in [0.1, 0.15) is 32.8 Å².